The highest BCUT2D eigenvalue weighted by atomic mass is 16.7. The van der Waals surface area contributed by atoms with Crippen LogP contribution in [-0.2, 0) is 51.0 Å². The van der Waals surface area contributed by atoms with Crippen LogP contribution in [0, 0.1) is 13.8 Å². The van der Waals surface area contributed by atoms with Crippen molar-refractivity contribution in [3.63, 3.8) is 0 Å². The Labute approximate surface area is 407 Å². The van der Waals surface area contributed by atoms with E-state index in [1.165, 1.54) is 59.7 Å². The molecule has 15 heteroatoms. The standard InChI is InChI=1S/C20H25NO3.C12H19NO2.2C11H13NO3/c1-14-9-11-16(12-10-14)13-19(20(23-3)24-4)21-18-8-6-5-7-17(18)15(2)22;1-9-4-6-10(7-5-9)8-11(13)12(14-2)15-3;2*1-8(11(14)15)12(9(2)13)10-6-4-3-5-7-10/h5-12,19-21H,13H2,1-4H3;4-7,11-12H,8,13H2,1-3H3;2*3-8H,1-2H3,(H,14,15)/t19-;11-;;/m10../s1. The molecule has 2 amide bonds. The van der Waals surface area contributed by atoms with Crippen LogP contribution in [0.25, 0.3) is 0 Å². The average Bonchev–Trinajstić information content (AvgIpc) is 3.32. The number of aliphatic carboxylic acids is 2. The van der Waals surface area contributed by atoms with Crippen molar-refractivity contribution in [3.05, 3.63) is 161 Å². The van der Waals surface area contributed by atoms with Crippen molar-refractivity contribution in [3.8, 4) is 0 Å². The number of nitrogens with two attached hydrogens (primary N) is 1. The number of rotatable bonds is 19. The lowest BCUT2D eigenvalue weighted by Crippen LogP contribution is -2.42. The third kappa shape index (κ3) is 19.8. The van der Waals surface area contributed by atoms with Gasteiger partial charge in [0.15, 0.2) is 18.4 Å². The lowest BCUT2D eigenvalue weighted by Gasteiger charge is -2.27. The summed E-state index contributed by atoms with van der Waals surface area (Å²) >= 11 is 0. The Hall–Kier alpha value is -6.75. The summed E-state index contributed by atoms with van der Waals surface area (Å²) in [5.74, 6) is -2.58. The molecule has 0 heterocycles. The minimum Gasteiger partial charge on any atom is -0.480 e. The van der Waals surface area contributed by atoms with Crippen LogP contribution in [0.15, 0.2) is 133 Å². The van der Waals surface area contributed by atoms with Crippen LogP contribution in [0.2, 0.25) is 0 Å². The Morgan fingerprint density at radius 1 is 0.536 bits per heavy atom. The van der Waals surface area contributed by atoms with E-state index in [1.807, 2.05) is 36.4 Å². The number of carbonyl (C=O) groups excluding carboxylic acids is 3. The molecule has 0 aliphatic carbocycles. The van der Waals surface area contributed by atoms with Crippen molar-refractivity contribution >= 4 is 46.6 Å². The highest BCUT2D eigenvalue weighted by molar-refractivity contribution is 6.00. The van der Waals surface area contributed by atoms with Gasteiger partial charge in [0.05, 0.1) is 12.1 Å². The molecule has 0 aliphatic rings. The number of methoxy groups -OCH3 is 4. The molecule has 2 unspecified atom stereocenters. The number of aryl methyl sites for hydroxylation is 2. The fourth-order valence-corrected chi connectivity index (χ4v) is 7.03. The van der Waals surface area contributed by atoms with Crippen molar-refractivity contribution in [1.29, 1.82) is 0 Å². The number of benzene rings is 5. The van der Waals surface area contributed by atoms with E-state index in [-0.39, 0.29) is 36.0 Å². The van der Waals surface area contributed by atoms with E-state index in [4.69, 9.17) is 34.9 Å². The fourth-order valence-electron chi connectivity index (χ4n) is 7.03. The van der Waals surface area contributed by atoms with Crippen molar-refractivity contribution in [2.45, 2.75) is 98.1 Å². The van der Waals surface area contributed by atoms with Crippen molar-refractivity contribution < 1.29 is 53.1 Å². The number of anilines is 3. The summed E-state index contributed by atoms with van der Waals surface area (Å²) in [4.78, 5) is 58.7. The van der Waals surface area contributed by atoms with Crippen LogP contribution in [0.3, 0.4) is 0 Å². The number of carboxylic acid groups (broad SMARTS) is 2. The van der Waals surface area contributed by atoms with Crippen LogP contribution in [0.4, 0.5) is 17.1 Å². The van der Waals surface area contributed by atoms with Gasteiger partial charge in [0, 0.05) is 64.9 Å². The zero-order chi connectivity index (χ0) is 51.6. The first-order valence-corrected chi connectivity index (χ1v) is 22.3. The van der Waals surface area contributed by atoms with Gasteiger partial charge < -0.3 is 40.2 Å². The maximum Gasteiger partial charge on any atom is 0.326 e. The Kier molecular flexibility index (Phi) is 25.9. The minimum atomic E-state index is -1.02. The highest BCUT2D eigenvalue weighted by Gasteiger charge is 2.26. The van der Waals surface area contributed by atoms with Gasteiger partial charge in [0.2, 0.25) is 11.8 Å². The second kappa shape index (κ2) is 30.6. The first-order valence-electron chi connectivity index (χ1n) is 22.3. The number of ketones is 1. The van der Waals surface area contributed by atoms with Crippen LogP contribution in [0.5, 0.6) is 0 Å². The second-order valence-electron chi connectivity index (χ2n) is 16.1. The number of nitrogens with zero attached hydrogens (tertiary/aromatic N) is 2. The van der Waals surface area contributed by atoms with Gasteiger partial charge in [-0.2, -0.15) is 0 Å². The largest absolute Gasteiger partial charge is 0.480 e. The molecule has 0 aliphatic heterocycles. The topological polar surface area (TPSA) is 207 Å². The number of ether oxygens (including phenoxy) is 4. The van der Waals surface area contributed by atoms with Crippen LogP contribution >= 0.6 is 0 Å². The molecule has 15 nitrogen and oxygen atoms in total. The van der Waals surface area contributed by atoms with Crippen LogP contribution in [0.1, 0.15) is 67.2 Å². The van der Waals surface area contributed by atoms with Crippen molar-refractivity contribution in [2.75, 3.05) is 43.6 Å². The monoisotopic (exact) mass is 951 g/mol. The summed E-state index contributed by atoms with van der Waals surface area (Å²) in [5.41, 5.74) is 13.5. The summed E-state index contributed by atoms with van der Waals surface area (Å²) in [6.45, 7) is 11.4. The van der Waals surface area contributed by atoms with Crippen LogP contribution in [-0.4, -0.2) is 105 Å². The molecule has 0 fully saturated rings. The zero-order valence-corrected chi connectivity index (χ0v) is 41.6. The lowest BCUT2D eigenvalue weighted by atomic mass is 10.0. The Bertz CT molecular complexity index is 2230. The molecule has 372 valence electrons. The summed E-state index contributed by atoms with van der Waals surface area (Å²) in [5, 5.41) is 21.2. The van der Waals surface area contributed by atoms with E-state index in [9.17, 15) is 24.0 Å². The summed E-state index contributed by atoms with van der Waals surface area (Å²) in [7, 11) is 6.44. The van der Waals surface area contributed by atoms with Gasteiger partial charge in [-0.25, -0.2) is 9.59 Å². The van der Waals surface area contributed by atoms with E-state index >= 15 is 0 Å². The number of amides is 2. The van der Waals surface area contributed by atoms with Crippen molar-refractivity contribution in [2.24, 2.45) is 5.73 Å². The molecule has 4 atom stereocenters. The second-order valence-corrected chi connectivity index (χ2v) is 16.1. The van der Waals surface area contributed by atoms with Crippen molar-refractivity contribution in [1.82, 2.24) is 0 Å². The molecule has 0 aromatic heterocycles. The average molecular weight is 951 g/mol. The predicted molar refractivity (Wildman–Crippen MR) is 271 cm³/mol. The quantitative estimate of drug-likeness (QED) is 0.0454. The number of carboxylic acids is 2. The molecular weight excluding hydrogens is 881 g/mol. The number of para-hydroxylation sites is 3. The van der Waals surface area contributed by atoms with E-state index < -0.39 is 30.3 Å². The van der Waals surface area contributed by atoms with Gasteiger partial charge in [-0.15, -0.1) is 0 Å². The molecule has 0 radical (unpaired) electrons. The maximum atomic E-state index is 11.8. The smallest absolute Gasteiger partial charge is 0.326 e. The highest BCUT2D eigenvalue weighted by Crippen LogP contribution is 2.22. The predicted octanol–water partition coefficient (Wildman–Crippen LogP) is 8.35. The number of Topliss-reactive ketones (excluding diaryl/α,β-unsaturated/α-hetero) is 1. The fraction of sp³-hybridized carbons (Fsp3) is 0.352. The first-order chi connectivity index (χ1) is 32.8. The Morgan fingerprint density at radius 3 is 1.25 bits per heavy atom. The Morgan fingerprint density at radius 2 is 0.899 bits per heavy atom. The van der Waals surface area contributed by atoms with Gasteiger partial charge in [-0.1, -0.05) is 108 Å². The van der Waals surface area contributed by atoms with E-state index in [2.05, 4.69) is 67.7 Å². The summed E-state index contributed by atoms with van der Waals surface area (Å²) in [6.07, 6.45) is 0.712. The third-order valence-corrected chi connectivity index (χ3v) is 10.7. The summed E-state index contributed by atoms with van der Waals surface area (Å²) < 4.78 is 21.1. The third-order valence-electron chi connectivity index (χ3n) is 10.7. The zero-order valence-electron chi connectivity index (χ0n) is 41.6. The maximum absolute atomic E-state index is 11.8. The van der Waals surface area contributed by atoms with E-state index in [1.54, 1.807) is 83.9 Å². The van der Waals surface area contributed by atoms with E-state index in [0.717, 1.165) is 18.5 Å². The molecule has 0 bridgehead atoms. The molecule has 5 aromatic carbocycles. The lowest BCUT2D eigenvalue weighted by molar-refractivity contribution is -0.140. The number of hydrogen-bond acceptors (Lipinski definition) is 11. The number of carbonyl (C=O) groups is 5. The van der Waals surface area contributed by atoms with Crippen LogP contribution < -0.4 is 20.9 Å². The SMILES string of the molecule is CC(=O)N(c1ccccc1)C(C)C(=O)O.CC(=O)N(c1ccccc1)C(C)C(=O)O.COC(OC)[C@@H](Cc1ccc(C)cc1)Nc1ccccc1C(C)=O.COC(OC)[C@@H](N)Cc1ccc(C)cc1. The molecule has 0 saturated heterocycles. The Balaban J connectivity index is 0.000000324. The summed E-state index contributed by atoms with van der Waals surface area (Å²) in [6, 6.07) is 39.7. The molecule has 5 rings (SSSR count). The van der Waals surface area contributed by atoms with Gasteiger partial charge >= 0.3 is 11.9 Å². The number of nitrogens with one attached hydrogen (secondary N) is 1. The first kappa shape index (κ1) is 58.4. The van der Waals surface area contributed by atoms with E-state index in [0.29, 0.717) is 16.9 Å². The minimum absolute atomic E-state index is 0.0265. The number of hydrogen-bond donors (Lipinski definition) is 4. The molecule has 69 heavy (non-hydrogen) atoms. The van der Waals surface area contributed by atoms with Gasteiger partial charge in [0.1, 0.15) is 12.1 Å². The molecule has 0 saturated carbocycles. The molecule has 0 spiro atoms. The molecule has 5 N–H and O–H groups in total. The van der Waals surface area contributed by atoms with Gasteiger partial charge in [0.25, 0.3) is 0 Å². The normalized spacial score (nSPS) is 12.3. The van der Waals surface area contributed by atoms with Gasteiger partial charge in [-0.3, -0.25) is 24.2 Å². The molecular formula is C54H70N4O11. The van der Waals surface area contributed by atoms with Gasteiger partial charge in [-0.05, 0) is 95.0 Å². The molecule has 5 aromatic rings.